The lowest BCUT2D eigenvalue weighted by Gasteiger charge is -2.14. The number of aromatic nitrogens is 2. The second-order valence-electron chi connectivity index (χ2n) is 6.56. The average molecular weight is 433 g/mol. The number of benzene rings is 2. The van der Waals surface area contributed by atoms with E-state index in [1.165, 1.54) is 6.92 Å². The van der Waals surface area contributed by atoms with Crippen LogP contribution in [-0.2, 0) is 26.9 Å². The summed E-state index contributed by atoms with van der Waals surface area (Å²) < 4.78 is 48.3. The fraction of sp³-hybridized carbons (Fsp3) is 0.238. The van der Waals surface area contributed by atoms with Crippen molar-refractivity contribution in [3.05, 3.63) is 66.1 Å². The van der Waals surface area contributed by atoms with Gasteiger partial charge in [0.2, 0.25) is 11.8 Å². The number of esters is 1. The lowest BCUT2D eigenvalue weighted by Crippen LogP contribution is -2.30. The van der Waals surface area contributed by atoms with Crippen LogP contribution in [0.1, 0.15) is 24.8 Å². The largest absolute Gasteiger partial charge is 0.453 e. The van der Waals surface area contributed by atoms with E-state index in [0.29, 0.717) is 5.89 Å². The summed E-state index contributed by atoms with van der Waals surface area (Å²) in [7, 11) is 0. The van der Waals surface area contributed by atoms with Crippen LogP contribution in [0, 0.1) is 0 Å². The Morgan fingerprint density at radius 3 is 2.39 bits per heavy atom. The van der Waals surface area contributed by atoms with E-state index in [4.69, 9.17) is 9.15 Å². The van der Waals surface area contributed by atoms with Gasteiger partial charge in [-0.15, -0.1) is 10.2 Å². The zero-order chi connectivity index (χ0) is 22.4. The summed E-state index contributed by atoms with van der Waals surface area (Å²) in [6.07, 6.45) is -5.57. The highest BCUT2D eigenvalue weighted by molar-refractivity contribution is 5.95. The molecule has 162 valence electrons. The summed E-state index contributed by atoms with van der Waals surface area (Å²) in [5, 5.41) is 10.2. The van der Waals surface area contributed by atoms with Crippen molar-refractivity contribution in [1.82, 2.24) is 10.2 Å². The van der Waals surface area contributed by atoms with Crippen molar-refractivity contribution < 1.29 is 31.9 Å². The smallest absolute Gasteiger partial charge is 0.416 e. The van der Waals surface area contributed by atoms with Gasteiger partial charge >= 0.3 is 12.1 Å². The summed E-state index contributed by atoms with van der Waals surface area (Å²) in [5.41, 5.74) is 0.0685. The molecule has 10 heteroatoms. The number of carbonyl (C=O) groups excluding carboxylic acids is 2. The van der Waals surface area contributed by atoms with Gasteiger partial charge in [-0.1, -0.05) is 18.2 Å². The Balaban J connectivity index is 1.47. The van der Waals surface area contributed by atoms with Crippen LogP contribution in [0.2, 0.25) is 0 Å². The molecule has 0 saturated carbocycles. The van der Waals surface area contributed by atoms with Crippen molar-refractivity contribution in [2.75, 3.05) is 5.32 Å². The lowest BCUT2D eigenvalue weighted by molar-refractivity contribution is -0.153. The third kappa shape index (κ3) is 6.14. The first-order valence-electron chi connectivity index (χ1n) is 9.28. The molecule has 0 unspecified atom stereocenters. The molecule has 3 aromatic rings. The number of nitrogens with one attached hydrogen (secondary N) is 1. The van der Waals surface area contributed by atoms with Gasteiger partial charge in [-0.25, -0.2) is 0 Å². The molecule has 0 aliphatic heterocycles. The SMILES string of the molecule is C[C@H](OC(=O)CCc1nnc(-c2ccccc2)o1)C(=O)Nc1ccc(C(F)(F)F)cc1. The number of ether oxygens (including phenoxy) is 1. The Kier molecular flexibility index (Phi) is 6.68. The van der Waals surface area contributed by atoms with Crippen LogP contribution >= 0.6 is 0 Å². The van der Waals surface area contributed by atoms with Gasteiger partial charge in [-0.05, 0) is 43.3 Å². The molecule has 0 spiro atoms. The summed E-state index contributed by atoms with van der Waals surface area (Å²) in [6.45, 7) is 1.36. The average Bonchev–Trinajstić information content (AvgIpc) is 3.22. The molecule has 31 heavy (non-hydrogen) atoms. The van der Waals surface area contributed by atoms with Crippen LogP contribution in [0.4, 0.5) is 18.9 Å². The number of hydrogen-bond acceptors (Lipinski definition) is 6. The number of anilines is 1. The molecular weight excluding hydrogens is 415 g/mol. The van der Waals surface area contributed by atoms with E-state index in [0.717, 1.165) is 29.8 Å². The molecule has 0 bridgehead atoms. The molecule has 0 fully saturated rings. The van der Waals surface area contributed by atoms with Crippen molar-refractivity contribution in [2.45, 2.75) is 32.0 Å². The van der Waals surface area contributed by atoms with Gasteiger partial charge in [-0.2, -0.15) is 13.2 Å². The van der Waals surface area contributed by atoms with Crippen LogP contribution in [0.25, 0.3) is 11.5 Å². The van der Waals surface area contributed by atoms with Crippen molar-refractivity contribution in [1.29, 1.82) is 0 Å². The Morgan fingerprint density at radius 2 is 1.74 bits per heavy atom. The predicted molar refractivity (Wildman–Crippen MR) is 104 cm³/mol. The van der Waals surface area contributed by atoms with Crippen molar-refractivity contribution >= 4 is 17.6 Å². The maximum absolute atomic E-state index is 12.6. The summed E-state index contributed by atoms with van der Waals surface area (Å²) >= 11 is 0. The minimum atomic E-state index is -4.47. The van der Waals surface area contributed by atoms with Crippen molar-refractivity contribution in [3.63, 3.8) is 0 Å². The molecule has 1 N–H and O–H groups in total. The molecule has 0 radical (unpaired) electrons. The Bertz CT molecular complexity index is 1030. The maximum atomic E-state index is 12.6. The summed E-state index contributed by atoms with van der Waals surface area (Å²) in [4.78, 5) is 24.1. The van der Waals surface area contributed by atoms with Crippen LogP contribution in [0.5, 0.6) is 0 Å². The van der Waals surface area contributed by atoms with Crippen molar-refractivity contribution in [3.8, 4) is 11.5 Å². The van der Waals surface area contributed by atoms with E-state index >= 15 is 0 Å². The number of carbonyl (C=O) groups is 2. The topological polar surface area (TPSA) is 94.3 Å². The molecule has 0 aliphatic carbocycles. The van der Waals surface area contributed by atoms with Crippen LogP contribution in [0.3, 0.4) is 0 Å². The molecule has 3 rings (SSSR count). The molecule has 1 atom stereocenters. The van der Waals surface area contributed by atoms with Gasteiger partial charge < -0.3 is 14.5 Å². The highest BCUT2D eigenvalue weighted by Crippen LogP contribution is 2.29. The number of amides is 1. The van der Waals surface area contributed by atoms with E-state index in [9.17, 15) is 22.8 Å². The monoisotopic (exact) mass is 433 g/mol. The molecule has 1 heterocycles. The van der Waals surface area contributed by atoms with Crippen LogP contribution in [-0.4, -0.2) is 28.2 Å². The minimum Gasteiger partial charge on any atom is -0.453 e. The Morgan fingerprint density at radius 1 is 1.06 bits per heavy atom. The molecule has 0 saturated heterocycles. The van der Waals surface area contributed by atoms with E-state index in [-0.39, 0.29) is 24.4 Å². The first-order valence-corrected chi connectivity index (χ1v) is 9.28. The molecular formula is C21H18F3N3O4. The van der Waals surface area contributed by atoms with Crippen LogP contribution in [0.15, 0.2) is 59.0 Å². The number of rotatable bonds is 7. The number of halogens is 3. The second-order valence-corrected chi connectivity index (χ2v) is 6.56. The third-order valence-corrected chi connectivity index (χ3v) is 4.19. The lowest BCUT2D eigenvalue weighted by atomic mass is 10.2. The molecule has 1 amide bonds. The fourth-order valence-electron chi connectivity index (χ4n) is 2.56. The van der Waals surface area contributed by atoms with Gasteiger partial charge in [0.05, 0.1) is 12.0 Å². The summed E-state index contributed by atoms with van der Waals surface area (Å²) in [6, 6.07) is 13.1. The number of alkyl halides is 3. The van der Waals surface area contributed by atoms with Gasteiger partial charge in [0.1, 0.15) is 0 Å². The zero-order valence-corrected chi connectivity index (χ0v) is 16.3. The predicted octanol–water partition coefficient (Wildman–Crippen LogP) is 4.26. The third-order valence-electron chi connectivity index (χ3n) is 4.19. The zero-order valence-electron chi connectivity index (χ0n) is 16.3. The van der Waals surface area contributed by atoms with Gasteiger partial charge in [-0.3, -0.25) is 9.59 Å². The number of nitrogens with zero attached hydrogens (tertiary/aromatic N) is 2. The fourth-order valence-corrected chi connectivity index (χ4v) is 2.56. The van der Waals surface area contributed by atoms with E-state index in [1.54, 1.807) is 0 Å². The second kappa shape index (κ2) is 9.41. The number of aryl methyl sites for hydroxylation is 1. The number of hydrogen-bond donors (Lipinski definition) is 1. The highest BCUT2D eigenvalue weighted by Gasteiger charge is 2.30. The quantitative estimate of drug-likeness (QED) is 0.560. The van der Waals surface area contributed by atoms with Gasteiger partial charge in [0.25, 0.3) is 5.91 Å². The first kappa shape index (κ1) is 22.0. The molecule has 0 aliphatic rings. The van der Waals surface area contributed by atoms with Gasteiger partial charge in [0, 0.05) is 17.7 Å². The summed E-state index contributed by atoms with van der Waals surface area (Å²) in [5.74, 6) is -0.752. The Hall–Kier alpha value is -3.69. The minimum absolute atomic E-state index is 0.0890. The highest BCUT2D eigenvalue weighted by atomic mass is 19.4. The van der Waals surface area contributed by atoms with Gasteiger partial charge in [0.15, 0.2) is 6.10 Å². The van der Waals surface area contributed by atoms with E-state index in [1.807, 2.05) is 30.3 Å². The molecule has 2 aromatic carbocycles. The van der Waals surface area contributed by atoms with Crippen molar-refractivity contribution in [2.24, 2.45) is 0 Å². The van der Waals surface area contributed by atoms with E-state index in [2.05, 4.69) is 15.5 Å². The van der Waals surface area contributed by atoms with Crippen LogP contribution < -0.4 is 5.32 Å². The molecule has 7 nitrogen and oxygen atoms in total. The van der Waals surface area contributed by atoms with E-state index < -0.39 is 29.7 Å². The first-order chi connectivity index (χ1) is 14.7. The maximum Gasteiger partial charge on any atom is 0.416 e. The standard InChI is InChI=1S/C21H18F3N3O4/c1-13(19(29)25-16-9-7-15(8-10-16)21(22,23)24)30-18(28)12-11-17-26-27-20(31-17)14-5-3-2-4-6-14/h2-10,13H,11-12H2,1H3,(H,25,29)/t13-/m0/s1. The normalized spacial score (nSPS) is 12.3. The molecule has 1 aromatic heterocycles. The Labute approximate surface area is 175 Å².